The van der Waals surface area contributed by atoms with Crippen LogP contribution in [-0.4, -0.2) is 18.9 Å². The molecule has 0 aromatic heterocycles. The van der Waals surface area contributed by atoms with Gasteiger partial charge in [-0.1, -0.05) is 48.0 Å². The SMILES string of the molecule is COc1ccc(Cl)cc1N1C(=O)C(Nc2cc(C)cc(C)c2)=C(c2ccccc2)C1=O. The Morgan fingerprint density at radius 1 is 0.871 bits per heavy atom. The molecule has 0 spiro atoms. The van der Waals surface area contributed by atoms with Gasteiger partial charge in [-0.15, -0.1) is 0 Å². The van der Waals surface area contributed by atoms with E-state index in [0.717, 1.165) is 21.7 Å². The summed E-state index contributed by atoms with van der Waals surface area (Å²) in [6.07, 6.45) is 0. The van der Waals surface area contributed by atoms with Crippen LogP contribution in [0, 0.1) is 13.8 Å². The van der Waals surface area contributed by atoms with E-state index in [1.807, 2.05) is 62.4 Å². The summed E-state index contributed by atoms with van der Waals surface area (Å²) in [4.78, 5) is 28.2. The van der Waals surface area contributed by atoms with E-state index in [1.165, 1.54) is 7.11 Å². The molecule has 0 fully saturated rings. The van der Waals surface area contributed by atoms with Crippen molar-refractivity contribution in [1.29, 1.82) is 0 Å². The van der Waals surface area contributed by atoms with Crippen LogP contribution in [0.25, 0.3) is 5.57 Å². The van der Waals surface area contributed by atoms with Gasteiger partial charge in [0, 0.05) is 10.7 Å². The molecular formula is C25H21ClN2O3. The number of hydrogen-bond acceptors (Lipinski definition) is 4. The molecule has 0 saturated carbocycles. The van der Waals surface area contributed by atoms with Crippen LogP contribution in [0.2, 0.25) is 5.02 Å². The highest BCUT2D eigenvalue weighted by molar-refractivity contribution is 6.46. The van der Waals surface area contributed by atoms with Crippen molar-refractivity contribution in [3.8, 4) is 5.75 Å². The molecule has 156 valence electrons. The Morgan fingerprint density at radius 2 is 1.55 bits per heavy atom. The number of rotatable bonds is 5. The second-order valence-corrected chi connectivity index (χ2v) is 7.82. The molecule has 0 radical (unpaired) electrons. The molecule has 31 heavy (non-hydrogen) atoms. The lowest BCUT2D eigenvalue weighted by Gasteiger charge is -2.18. The van der Waals surface area contributed by atoms with Crippen molar-refractivity contribution in [3.63, 3.8) is 0 Å². The molecule has 1 N–H and O–H groups in total. The second kappa shape index (κ2) is 8.28. The molecule has 6 heteroatoms. The number of benzene rings is 3. The number of anilines is 2. The summed E-state index contributed by atoms with van der Waals surface area (Å²) in [6, 6.07) is 19.9. The lowest BCUT2D eigenvalue weighted by Crippen LogP contribution is -2.32. The highest BCUT2D eigenvalue weighted by Gasteiger charge is 2.41. The van der Waals surface area contributed by atoms with Gasteiger partial charge >= 0.3 is 0 Å². The van der Waals surface area contributed by atoms with Gasteiger partial charge in [-0.05, 0) is 60.9 Å². The Labute approximate surface area is 185 Å². The van der Waals surface area contributed by atoms with Gasteiger partial charge in [-0.25, -0.2) is 4.90 Å². The third-order valence-electron chi connectivity index (χ3n) is 5.02. The zero-order valence-corrected chi connectivity index (χ0v) is 18.2. The van der Waals surface area contributed by atoms with Crippen LogP contribution >= 0.6 is 11.6 Å². The molecule has 2 amide bonds. The fourth-order valence-electron chi connectivity index (χ4n) is 3.77. The van der Waals surface area contributed by atoms with Crippen molar-refractivity contribution in [2.45, 2.75) is 13.8 Å². The molecular weight excluding hydrogens is 412 g/mol. The van der Waals surface area contributed by atoms with Crippen LogP contribution in [0.5, 0.6) is 5.75 Å². The number of aryl methyl sites for hydroxylation is 2. The Bertz CT molecular complexity index is 1200. The molecule has 1 heterocycles. The highest BCUT2D eigenvalue weighted by atomic mass is 35.5. The number of nitrogens with zero attached hydrogens (tertiary/aromatic N) is 1. The van der Waals surface area contributed by atoms with Gasteiger partial charge in [0.25, 0.3) is 11.8 Å². The number of methoxy groups -OCH3 is 1. The summed E-state index contributed by atoms with van der Waals surface area (Å²) in [5.74, 6) is -0.529. The molecule has 5 nitrogen and oxygen atoms in total. The molecule has 3 aromatic rings. The molecule has 0 unspecified atom stereocenters. The molecule has 0 aliphatic carbocycles. The number of hydrogen-bond donors (Lipinski definition) is 1. The highest BCUT2D eigenvalue weighted by Crippen LogP contribution is 2.39. The normalized spacial score (nSPS) is 13.7. The van der Waals surface area contributed by atoms with Crippen LogP contribution in [0.1, 0.15) is 16.7 Å². The maximum atomic E-state index is 13.5. The molecule has 0 atom stereocenters. The molecule has 0 bridgehead atoms. The lowest BCUT2D eigenvalue weighted by molar-refractivity contribution is -0.120. The number of nitrogens with one attached hydrogen (secondary N) is 1. The number of halogens is 1. The van der Waals surface area contributed by atoms with Gasteiger partial charge in [0.2, 0.25) is 0 Å². The van der Waals surface area contributed by atoms with Crippen LogP contribution in [0.4, 0.5) is 11.4 Å². The van der Waals surface area contributed by atoms with Gasteiger partial charge < -0.3 is 10.1 Å². The molecule has 1 aliphatic rings. The first-order chi connectivity index (χ1) is 14.9. The molecule has 4 rings (SSSR count). The van der Waals surface area contributed by atoms with E-state index in [4.69, 9.17) is 16.3 Å². The summed E-state index contributed by atoms with van der Waals surface area (Å²) < 4.78 is 5.39. The Morgan fingerprint density at radius 3 is 2.19 bits per heavy atom. The number of ether oxygens (including phenoxy) is 1. The van der Waals surface area contributed by atoms with Crippen LogP contribution in [0.3, 0.4) is 0 Å². The van der Waals surface area contributed by atoms with Crippen LogP contribution in [0.15, 0.2) is 72.4 Å². The maximum absolute atomic E-state index is 13.5. The van der Waals surface area contributed by atoms with Gasteiger partial charge in [-0.3, -0.25) is 9.59 Å². The van der Waals surface area contributed by atoms with Crippen molar-refractivity contribution in [3.05, 3.63) is 94.1 Å². The minimum absolute atomic E-state index is 0.211. The number of carbonyl (C=O) groups is 2. The second-order valence-electron chi connectivity index (χ2n) is 7.38. The van der Waals surface area contributed by atoms with Gasteiger partial charge in [-0.2, -0.15) is 0 Å². The Kier molecular flexibility index (Phi) is 5.53. The predicted molar refractivity (Wildman–Crippen MR) is 123 cm³/mol. The zero-order chi connectivity index (χ0) is 22.1. The van der Waals surface area contributed by atoms with Crippen molar-refractivity contribution < 1.29 is 14.3 Å². The molecule has 1 aliphatic heterocycles. The van der Waals surface area contributed by atoms with E-state index < -0.39 is 11.8 Å². The van der Waals surface area contributed by atoms with E-state index in [-0.39, 0.29) is 5.70 Å². The first kappa shape index (κ1) is 20.7. The average Bonchev–Trinajstić information content (AvgIpc) is 2.97. The fraction of sp³-hybridized carbons (Fsp3) is 0.120. The van der Waals surface area contributed by atoms with Crippen LogP contribution in [-0.2, 0) is 9.59 Å². The van der Waals surface area contributed by atoms with Gasteiger partial charge in [0.1, 0.15) is 11.4 Å². The summed E-state index contributed by atoms with van der Waals surface area (Å²) >= 11 is 6.17. The summed E-state index contributed by atoms with van der Waals surface area (Å²) in [5.41, 5.74) is 4.30. The van der Waals surface area contributed by atoms with Crippen molar-refractivity contribution in [1.82, 2.24) is 0 Å². The number of imide groups is 1. The summed E-state index contributed by atoms with van der Waals surface area (Å²) in [6.45, 7) is 3.96. The number of amides is 2. The van der Waals surface area contributed by atoms with E-state index >= 15 is 0 Å². The minimum Gasteiger partial charge on any atom is -0.495 e. The van der Waals surface area contributed by atoms with E-state index in [9.17, 15) is 9.59 Å². The van der Waals surface area contributed by atoms with Gasteiger partial charge in [0.05, 0.1) is 18.4 Å². The first-order valence-electron chi connectivity index (χ1n) is 9.76. The Balaban J connectivity index is 1.86. The number of carbonyl (C=O) groups excluding carboxylic acids is 2. The fourth-order valence-corrected chi connectivity index (χ4v) is 3.93. The third kappa shape index (κ3) is 3.92. The molecule has 0 saturated heterocycles. The summed E-state index contributed by atoms with van der Waals surface area (Å²) in [5, 5.41) is 3.59. The first-order valence-corrected chi connectivity index (χ1v) is 10.1. The largest absolute Gasteiger partial charge is 0.495 e. The predicted octanol–water partition coefficient (Wildman–Crippen LogP) is 5.36. The zero-order valence-electron chi connectivity index (χ0n) is 17.4. The monoisotopic (exact) mass is 432 g/mol. The summed E-state index contributed by atoms with van der Waals surface area (Å²) in [7, 11) is 1.48. The van der Waals surface area contributed by atoms with E-state index in [1.54, 1.807) is 18.2 Å². The third-order valence-corrected chi connectivity index (χ3v) is 5.25. The van der Waals surface area contributed by atoms with E-state index in [0.29, 0.717) is 27.6 Å². The van der Waals surface area contributed by atoms with Crippen LogP contribution < -0.4 is 15.0 Å². The topological polar surface area (TPSA) is 58.6 Å². The Hall–Kier alpha value is -3.57. The quantitative estimate of drug-likeness (QED) is 0.551. The standard InChI is InChI=1S/C25H21ClN2O3/c1-15-11-16(2)13-19(12-15)27-23-22(17-7-5-4-6-8-17)24(29)28(25(23)30)20-14-18(26)9-10-21(20)31-3/h4-14,27H,1-3H3. The van der Waals surface area contributed by atoms with E-state index in [2.05, 4.69) is 5.32 Å². The maximum Gasteiger partial charge on any atom is 0.282 e. The molecule has 3 aromatic carbocycles. The lowest BCUT2D eigenvalue weighted by atomic mass is 10.0. The minimum atomic E-state index is -0.469. The average molecular weight is 433 g/mol. The van der Waals surface area contributed by atoms with Gasteiger partial charge in [0.15, 0.2) is 0 Å². The van der Waals surface area contributed by atoms with Crippen molar-refractivity contribution in [2.24, 2.45) is 0 Å². The van der Waals surface area contributed by atoms with Crippen molar-refractivity contribution in [2.75, 3.05) is 17.3 Å². The van der Waals surface area contributed by atoms with Crippen molar-refractivity contribution >= 4 is 40.4 Å². The smallest absolute Gasteiger partial charge is 0.282 e.